The number of alkyl halides is 2. The van der Waals surface area contributed by atoms with Crippen molar-refractivity contribution in [2.45, 2.75) is 139 Å². The van der Waals surface area contributed by atoms with Crippen LogP contribution in [0.1, 0.15) is 103 Å². The second kappa shape index (κ2) is 14.8. The van der Waals surface area contributed by atoms with Gasteiger partial charge in [0.1, 0.15) is 35.5 Å². The average molecular weight is 840 g/mol. The second-order valence-corrected chi connectivity index (χ2v) is 21.0. The molecule has 5 fully saturated rings. The number of benzene rings is 1. The van der Waals surface area contributed by atoms with E-state index in [1.54, 1.807) is 39.0 Å². The summed E-state index contributed by atoms with van der Waals surface area (Å²) in [6, 6.07) is 4.44. The number of hydrogen-bond acceptors (Lipinski definition) is 11. The van der Waals surface area contributed by atoms with Crippen molar-refractivity contribution >= 4 is 44.9 Å². The first-order chi connectivity index (χ1) is 27.8. The van der Waals surface area contributed by atoms with Crippen LogP contribution < -0.4 is 20.1 Å². The van der Waals surface area contributed by atoms with Crippen LogP contribution in [0.3, 0.4) is 0 Å². The van der Waals surface area contributed by atoms with Crippen LogP contribution in [0.2, 0.25) is 0 Å². The summed E-state index contributed by atoms with van der Waals surface area (Å²) >= 11 is 0. The zero-order chi connectivity index (χ0) is 42.2. The molecule has 59 heavy (non-hydrogen) atoms. The summed E-state index contributed by atoms with van der Waals surface area (Å²) in [6.45, 7) is 6.49. The molecule has 0 spiro atoms. The van der Waals surface area contributed by atoms with Gasteiger partial charge in [-0.3, -0.25) is 19.1 Å². The summed E-state index contributed by atoms with van der Waals surface area (Å²) in [4.78, 5) is 67.2. The Hall–Kier alpha value is -4.66. The molecule has 2 bridgehead atoms. The van der Waals surface area contributed by atoms with Crippen molar-refractivity contribution in [1.82, 2.24) is 30.2 Å². The summed E-state index contributed by atoms with van der Waals surface area (Å²) in [5.41, 5.74) is -1.28. The number of fused-ring (bicyclic) bond motifs is 7. The molecule has 15 nitrogen and oxygen atoms in total. The van der Waals surface area contributed by atoms with Gasteiger partial charge in [0.25, 0.3) is 5.91 Å². The third-order valence-corrected chi connectivity index (χ3v) is 15.6. The van der Waals surface area contributed by atoms with Crippen molar-refractivity contribution in [1.29, 1.82) is 5.26 Å². The SMILES string of the molecule is CC(C)(C)[C@@H]1NC(=O)O[C@@H]2C[C@@H]3C[C@@H]3[C@H]2CCCCCc2nc3ccc(C#N)cc3nc2O[C@@H]2C[C@@H](C(=O)N[C@]3(C(=O)NS(=O)(=O)C4(C)CC4)C[C@H]3C(F)F)N(C2)C1=O. The van der Waals surface area contributed by atoms with Crippen LogP contribution in [-0.4, -0.2) is 94.6 Å². The van der Waals surface area contributed by atoms with Gasteiger partial charge in [0.2, 0.25) is 34.1 Å². The molecule has 0 unspecified atom stereocenters. The Morgan fingerprint density at radius 3 is 2.49 bits per heavy atom. The van der Waals surface area contributed by atoms with Crippen molar-refractivity contribution in [2.24, 2.45) is 29.1 Å². The summed E-state index contributed by atoms with van der Waals surface area (Å²) in [5, 5.41) is 14.8. The van der Waals surface area contributed by atoms with Gasteiger partial charge in [-0.1, -0.05) is 33.6 Å². The molecule has 1 aromatic carbocycles. The standard InChI is InChI=1S/C41H51F2N7O8S/c1-39(2,3)32-36(52)50-20-23(17-30(50)34(51)48-41(18-26(41)33(42)43)37(53)49-59(55,56)40(4)12-13-40)57-35-28(45-27-11-10-21(19-44)14-29(27)46-35)9-7-5-6-8-24-25-15-22(25)16-31(24)58-38(54)47-32/h10-11,14,22-26,30-33H,5-9,12-13,15-18,20H2,1-4H3,(H,47,54)(H,48,51)(H,49,53)/t22-,23+,24+,25-,26-,30-,31+,32+,41+/m0/s1. The van der Waals surface area contributed by atoms with Crippen molar-refractivity contribution in [3.05, 3.63) is 29.5 Å². The number of sulfonamides is 1. The minimum absolute atomic E-state index is 0.160. The van der Waals surface area contributed by atoms with Crippen LogP contribution >= 0.6 is 0 Å². The molecule has 4 aliphatic carbocycles. The Labute approximate surface area is 341 Å². The van der Waals surface area contributed by atoms with E-state index in [4.69, 9.17) is 19.4 Å². The number of aryl methyl sites for hydroxylation is 1. The number of aromatic nitrogens is 2. The van der Waals surface area contributed by atoms with E-state index in [-0.39, 0.29) is 43.7 Å². The number of ether oxygens (including phenoxy) is 2. The van der Waals surface area contributed by atoms with Gasteiger partial charge in [-0.25, -0.2) is 32.0 Å². The number of carbonyl (C=O) groups excluding carboxylic acids is 4. The minimum Gasteiger partial charge on any atom is -0.471 e. The molecular formula is C41H51F2N7O8S. The van der Waals surface area contributed by atoms with E-state index in [9.17, 15) is 41.6 Å². The molecule has 2 aromatic rings. The van der Waals surface area contributed by atoms with E-state index in [1.165, 1.54) is 11.8 Å². The van der Waals surface area contributed by atoms with Gasteiger partial charge in [0, 0.05) is 6.42 Å². The third-order valence-electron chi connectivity index (χ3n) is 13.5. The number of alkyl carbamates (subject to hydrolysis) is 1. The maximum atomic E-state index is 14.8. The smallest absolute Gasteiger partial charge is 0.408 e. The predicted molar refractivity (Wildman–Crippen MR) is 207 cm³/mol. The number of halogens is 2. The fraction of sp³-hybridized carbons (Fsp3) is 0.683. The Balaban J connectivity index is 1.13. The highest BCUT2D eigenvalue weighted by molar-refractivity contribution is 7.91. The molecule has 0 radical (unpaired) electrons. The zero-order valence-electron chi connectivity index (χ0n) is 33.6. The van der Waals surface area contributed by atoms with Crippen LogP contribution in [-0.2, 0) is 35.6 Å². The molecule has 9 atom stereocenters. The fourth-order valence-electron chi connectivity index (χ4n) is 9.38. The molecule has 1 aromatic heterocycles. The lowest BCUT2D eigenvalue weighted by Crippen LogP contribution is -2.60. The Morgan fingerprint density at radius 2 is 1.81 bits per heavy atom. The van der Waals surface area contributed by atoms with Crippen LogP contribution in [0.5, 0.6) is 5.88 Å². The van der Waals surface area contributed by atoms with Crippen LogP contribution in [0.25, 0.3) is 11.0 Å². The minimum atomic E-state index is -4.24. The first-order valence-corrected chi connectivity index (χ1v) is 22.1. The van der Waals surface area contributed by atoms with E-state index >= 15 is 0 Å². The summed E-state index contributed by atoms with van der Waals surface area (Å²) in [5.74, 6) is -3.23. The summed E-state index contributed by atoms with van der Waals surface area (Å²) < 4.78 is 67.9. The van der Waals surface area contributed by atoms with E-state index in [0.717, 1.165) is 38.5 Å². The number of carbonyl (C=O) groups is 4. The van der Waals surface area contributed by atoms with Gasteiger partial charge in [-0.05, 0) is 99.7 Å². The number of rotatable bonds is 6. The Bertz CT molecular complexity index is 2230. The van der Waals surface area contributed by atoms with Crippen molar-refractivity contribution in [3.8, 4) is 11.9 Å². The summed E-state index contributed by atoms with van der Waals surface area (Å²) in [7, 11) is -4.24. The van der Waals surface area contributed by atoms with Crippen molar-refractivity contribution < 1.29 is 45.9 Å². The molecule has 4 amide bonds. The largest absolute Gasteiger partial charge is 0.471 e. The maximum Gasteiger partial charge on any atom is 0.408 e. The van der Waals surface area contributed by atoms with E-state index in [1.807, 2.05) is 4.72 Å². The molecule has 2 aliphatic heterocycles. The molecule has 3 heterocycles. The highest BCUT2D eigenvalue weighted by Crippen LogP contribution is 2.58. The van der Waals surface area contributed by atoms with Crippen LogP contribution in [0.4, 0.5) is 13.6 Å². The fourth-order valence-corrected chi connectivity index (χ4v) is 10.7. The molecule has 4 saturated carbocycles. The van der Waals surface area contributed by atoms with Gasteiger partial charge in [-0.15, -0.1) is 0 Å². The van der Waals surface area contributed by atoms with Crippen molar-refractivity contribution in [2.75, 3.05) is 6.54 Å². The lowest BCUT2D eigenvalue weighted by molar-refractivity contribution is -0.143. The van der Waals surface area contributed by atoms with Gasteiger partial charge < -0.3 is 25.0 Å². The second-order valence-electron chi connectivity index (χ2n) is 18.8. The van der Waals surface area contributed by atoms with E-state index < -0.39 is 86.5 Å². The Morgan fingerprint density at radius 1 is 1.05 bits per heavy atom. The molecular weight excluding hydrogens is 789 g/mol. The first-order valence-electron chi connectivity index (χ1n) is 20.6. The highest BCUT2D eigenvalue weighted by Gasteiger charge is 2.67. The molecule has 8 rings (SSSR count). The zero-order valence-corrected chi connectivity index (χ0v) is 34.4. The van der Waals surface area contributed by atoms with Crippen LogP contribution in [0.15, 0.2) is 18.2 Å². The monoisotopic (exact) mass is 839 g/mol. The number of nitriles is 1. The number of nitrogens with one attached hydrogen (secondary N) is 3. The topological polar surface area (TPSA) is 210 Å². The lowest BCUT2D eigenvalue weighted by Gasteiger charge is -2.36. The quantitative estimate of drug-likeness (QED) is 0.374. The summed E-state index contributed by atoms with van der Waals surface area (Å²) in [6.07, 6.45) is 0.629. The van der Waals surface area contributed by atoms with Gasteiger partial charge >= 0.3 is 6.09 Å². The molecule has 3 N–H and O–H groups in total. The normalized spacial score (nSPS) is 32.8. The Kier molecular flexibility index (Phi) is 10.3. The third kappa shape index (κ3) is 7.91. The average Bonchev–Trinajstić information content (AvgIpc) is 4.13. The van der Waals surface area contributed by atoms with E-state index in [0.29, 0.717) is 40.5 Å². The number of nitrogens with zero attached hydrogens (tertiary/aromatic N) is 4. The molecule has 6 aliphatic rings. The number of amides is 4. The molecule has 318 valence electrons. The maximum absolute atomic E-state index is 14.8. The predicted octanol–water partition coefficient (Wildman–Crippen LogP) is 4.27. The highest BCUT2D eigenvalue weighted by atomic mass is 32.2. The number of hydrogen-bond donors (Lipinski definition) is 3. The van der Waals surface area contributed by atoms with Gasteiger partial charge in [0.05, 0.1) is 39.9 Å². The van der Waals surface area contributed by atoms with E-state index in [2.05, 4.69) is 16.7 Å². The first kappa shape index (κ1) is 41.1. The van der Waals surface area contributed by atoms with Crippen LogP contribution in [0, 0.1) is 40.4 Å². The lowest BCUT2D eigenvalue weighted by atomic mass is 9.85. The van der Waals surface area contributed by atoms with Gasteiger partial charge in [0.15, 0.2) is 0 Å². The molecule has 18 heteroatoms. The van der Waals surface area contributed by atoms with Crippen molar-refractivity contribution in [3.63, 3.8) is 0 Å². The van der Waals surface area contributed by atoms with Gasteiger partial charge in [-0.2, -0.15) is 5.26 Å². The molecule has 1 saturated heterocycles.